The van der Waals surface area contributed by atoms with Crippen molar-refractivity contribution in [2.75, 3.05) is 39.5 Å². The molecule has 0 bridgehead atoms. The van der Waals surface area contributed by atoms with Crippen LogP contribution >= 0.6 is 0 Å². The minimum Gasteiger partial charge on any atom is -0.491 e. The molecule has 0 amide bonds. The fourth-order valence-electron chi connectivity index (χ4n) is 4.04. The zero-order chi connectivity index (χ0) is 27.9. The normalized spacial score (nSPS) is 13.4. The van der Waals surface area contributed by atoms with Gasteiger partial charge in [-0.25, -0.2) is 4.79 Å². The Morgan fingerprint density at radius 3 is 1.72 bits per heavy atom. The maximum absolute atomic E-state index is 11.5. The number of nitrogens with zero attached hydrogens (tertiary/aromatic N) is 1. The number of esters is 1. The van der Waals surface area contributed by atoms with Crippen LogP contribution < -0.4 is 14.2 Å². The molecule has 3 aromatic carbocycles. The Hall–Kier alpha value is -3.59. The van der Waals surface area contributed by atoms with E-state index in [2.05, 4.69) is 6.92 Å². The van der Waals surface area contributed by atoms with Crippen LogP contribution in [0.3, 0.4) is 0 Å². The highest BCUT2D eigenvalue weighted by Gasteiger charge is 2.22. The van der Waals surface area contributed by atoms with Crippen molar-refractivity contribution in [2.24, 2.45) is 0 Å². The number of hydrogen-bond acceptors (Lipinski definition) is 8. The number of rotatable bonds is 17. The average molecular weight is 538 g/mol. The minimum atomic E-state index is -0.756. The maximum Gasteiger partial charge on any atom is 0.344 e. The van der Waals surface area contributed by atoms with Gasteiger partial charge in [0.2, 0.25) is 0 Å². The molecule has 0 fully saturated rings. The summed E-state index contributed by atoms with van der Waals surface area (Å²) in [7, 11) is 0. The van der Waals surface area contributed by atoms with Crippen LogP contribution in [0.4, 0.5) is 0 Å². The summed E-state index contributed by atoms with van der Waals surface area (Å²) >= 11 is 0. The van der Waals surface area contributed by atoms with E-state index in [4.69, 9.17) is 18.9 Å². The van der Waals surface area contributed by atoms with Gasteiger partial charge >= 0.3 is 5.97 Å². The third-order valence-electron chi connectivity index (χ3n) is 6.00. The molecular formula is C31H39NO7. The quantitative estimate of drug-likeness (QED) is 0.252. The second kappa shape index (κ2) is 16.4. The van der Waals surface area contributed by atoms with Crippen LogP contribution in [0.2, 0.25) is 0 Å². The van der Waals surface area contributed by atoms with E-state index in [0.717, 1.165) is 5.56 Å². The van der Waals surface area contributed by atoms with Gasteiger partial charge in [-0.1, -0.05) is 48.5 Å². The summed E-state index contributed by atoms with van der Waals surface area (Å²) in [4.78, 5) is 13.6. The molecule has 0 saturated carbocycles. The number of para-hydroxylation sites is 2. The van der Waals surface area contributed by atoms with Crippen molar-refractivity contribution in [2.45, 2.75) is 38.5 Å². The van der Waals surface area contributed by atoms with Gasteiger partial charge in [-0.15, -0.1) is 0 Å². The molecule has 39 heavy (non-hydrogen) atoms. The van der Waals surface area contributed by atoms with Crippen molar-refractivity contribution in [3.05, 3.63) is 90.5 Å². The Morgan fingerprint density at radius 2 is 1.23 bits per heavy atom. The van der Waals surface area contributed by atoms with Gasteiger partial charge in [0.05, 0.1) is 6.61 Å². The summed E-state index contributed by atoms with van der Waals surface area (Å²) in [5.74, 6) is 1.56. The molecule has 0 spiro atoms. The van der Waals surface area contributed by atoms with Gasteiger partial charge in [-0.05, 0) is 62.2 Å². The molecule has 3 aromatic rings. The summed E-state index contributed by atoms with van der Waals surface area (Å²) < 4.78 is 21.8. The Labute approximate surface area is 230 Å². The van der Waals surface area contributed by atoms with Crippen molar-refractivity contribution in [1.82, 2.24) is 4.90 Å². The number of hydrogen-bond donors (Lipinski definition) is 2. The molecule has 3 atom stereocenters. The first-order valence-electron chi connectivity index (χ1n) is 13.3. The number of benzene rings is 3. The molecule has 3 rings (SSSR count). The predicted molar refractivity (Wildman–Crippen MR) is 149 cm³/mol. The van der Waals surface area contributed by atoms with E-state index in [1.807, 2.05) is 89.8 Å². The Kier molecular flexibility index (Phi) is 12.6. The van der Waals surface area contributed by atoms with E-state index in [1.54, 1.807) is 6.92 Å². The first-order chi connectivity index (χ1) is 18.9. The summed E-state index contributed by atoms with van der Waals surface area (Å²) in [6, 6.07) is 26.2. The Bertz CT molecular complexity index is 1030. The van der Waals surface area contributed by atoms with Crippen LogP contribution in [0.25, 0.3) is 0 Å². The van der Waals surface area contributed by atoms with Gasteiger partial charge in [0.1, 0.15) is 42.7 Å². The van der Waals surface area contributed by atoms with Crippen LogP contribution in [0.15, 0.2) is 84.9 Å². The third-order valence-corrected chi connectivity index (χ3v) is 6.00. The van der Waals surface area contributed by atoms with Crippen molar-refractivity contribution < 1.29 is 34.0 Å². The van der Waals surface area contributed by atoms with E-state index in [0.29, 0.717) is 43.4 Å². The second-order valence-corrected chi connectivity index (χ2v) is 9.30. The summed E-state index contributed by atoms with van der Waals surface area (Å²) in [6.07, 6.45) is -0.835. The molecule has 8 nitrogen and oxygen atoms in total. The van der Waals surface area contributed by atoms with Gasteiger partial charge in [-0.2, -0.15) is 0 Å². The smallest absolute Gasteiger partial charge is 0.344 e. The highest BCUT2D eigenvalue weighted by molar-refractivity contribution is 5.71. The number of ether oxygens (including phenoxy) is 4. The Morgan fingerprint density at radius 1 is 0.744 bits per heavy atom. The monoisotopic (exact) mass is 537 g/mol. The largest absolute Gasteiger partial charge is 0.491 e. The van der Waals surface area contributed by atoms with Gasteiger partial charge in [0, 0.05) is 19.1 Å². The minimum absolute atomic E-state index is 0.00551. The molecule has 0 radical (unpaired) electrons. The molecule has 2 N–H and O–H groups in total. The SMILES string of the molecule is CCOC(=O)COc1ccc(CC(C)N(CC(O)COc2ccccc2)CC(O)COc2ccccc2)cc1. The Balaban J connectivity index is 1.58. The van der Waals surface area contributed by atoms with E-state index in [-0.39, 0.29) is 25.9 Å². The van der Waals surface area contributed by atoms with Crippen molar-refractivity contribution in [3.8, 4) is 17.2 Å². The van der Waals surface area contributed by atoms with E-state index < -0.39 is 18.2 Å². The first kappa shape index (κ1) is 30.0. The highest BCUT2D eigenvalue weighted by Crippen LogP contribution is 2.17. The van der Waals surface area contributed by atoms with Crippen LogP contribution in [-0.2, 0) is 16.0 Å². The molecule has 0 saturated heterocycles. The molecule has 0 aliphatic carbocycles. The molecule has 0 heterocycles. The van der Waals surface area contributed by atoms with Crippen molar-refractivity contribution in [3.63, 3.8) is 0 Å². The molecule has 0 aliphatic heterocycles. The summed E-state index contributed by atoms with van der Waals surface area (Å²) in [5.41, 5.74) is 1.06. The molecule has 8 heteroatoms. The molecule has 0 aliphatic rings. The van der Waals surface area contributed by atoms with Crippen LogP contribution in [0.1, 0.15) is 19.4 Å². The van der Waals surface area contributed by atoms with Gasteiger partial charge in [-0.3, -0.25) is 4.90 Å². The second-order valence-electron chi connectivity index (χ2n) is 9.30. The molecular weight excluding hydrogens is 498 g/mol. The molecule has 0 aromatic heterocycles. The van der Waals surface area contributed by atoms with E-state index in [1.165, 1.54) is 0 Å². The zero-order valence-corrected chi connectivity index (χ0v) is 22.6. The highest BCUT2D eigenvalue weighted by atomic mass is 16.6. The first-order valence-corrected chi connectivity index (χ1v) is 13.3. The van der Waals surface area contributed by atoms with Gasteiger partial charge < -0.3 is 29.2 Å². The standard InChI is InChI=1S/C31H39NO7/c1-3-36-31(35)23-39-30-16-14-25(15-17-30)18-24(2)32(19-26(33)21-37-28-10-6-4-7-11-28)20-27(34)22-38-29-12-8-5-9-13-29/h4-17,24,26-27,33-34H,3,18-23H2,1-2H3. The lowest BCUT2D eigenvalue weighted by molar-refractivity contribution is -0.145. The average Bonchev–Trinajstić information content (AvgIpc) is 2.95. The van der Waals surface area contributed by atoms with Gasteiger partial charge in [0.25, 0.3) is 0 Å². The lowest BCUT2D eigenvalue weighted by Gasteiger charge is -2.32. The van der Waals surface area contributed by atoms with E-state index in [9.17, 15) is 15.0 Å². The molecule has 3 unspecified atom stereocenters. The molecule has 210 valence electrons. The number of carbonyl (C=O) groups is 1. The predicted octanol–water partition coefficient (Wildman–Crippen LogP) is 3.74. The summed E-state index contributed by atoms with van der Waals surface area (Å²) in [6.45, 7) is 4.89. The van der Waals surface area contributed by atoms with Crippen LogP contribution in [0, 0.1) is 0 Å². The number of carbonyl (C=O) groups excluding carboxylic acids is 1. The fourth-order valence-corrected chi connectivity index (χ4v) is 4.04. The number of aliphatic hydroxyl groups excluding tert-OH is 2. The van der Waals surface area contributed by atoms with Crippen LogP contribution in [-0.4, -0.2) is 78.8 Å². The van der Waals surface area contributed by atoms with Crippen molar-refractivity contribution in [1.29, 1.82) is 0 Å². The fraction of sp³-hybridized carbons (Fsp3) is 0.387. The number of aliphatic hydroxyl groups is 2. The summed E-state index contributed by atoms with van der Waals surface area (Å²) in [5, 5.41) is 21.5. The van der Waals surface area contributed by atoms with Crippen LogP contribution in [0.5, 0.6) is 17.2 Å². The lowest BCUT2D eigenvalue weighted by atomic mass is 10.0. The third kappa shape index (κ3) is 11.4. The lowest BCUT2D eigenvalue weighted by Crippen LogP contribution is -2.46. The van der Waals surface area contributed by atoms with E-state index >= 15 is 0 Å². The zero-order valence-electron chi connectivity index (χ0n) is 22.6. The van der Waals surface area contributed by atoms with Gasteiger partial charge in [0.15, 0.2) is 6.61 Å². The topological polar surface area (TPSA) is 97.7 Å². The maximum atomic E-state index is 11.5. The van der Waals surface area contributed by atoms with Crippen molar-refractivity contribution >= 4 is 5.97 Å².